The van der Waals surface area contributed by atoms with Crippen molar-refractivity contribution in [2.45, 2.75) is 18.9 Å². The summed E-state index contributed by atoms with van der Waals surface area (Å²) in [7, 11) is 0. The van der Waals surface area contributed by atoms with Crippen LogP contribution in [0.5, 0.6) is 0 Å². The second-order valence-electron chi connectivity index (χ2n) is 6.26. The molecule has 1 aliphatic heterocycles. The predicted octanol–water partition coefficient (Wildman–Crippen LogP) is 3.46. The molecule has 21 heavy (non-hydrogen) atoms. The van der Waals surface area contributed by atoms with Gasteiger partial charge in [-0.2, -0.15) is 0 Å². The molecule has 1 unspecified atom stereocenters. The third kappa shape index (κ3) is 2.10. The summed E-state index contributed by atoms with van der Waals surface area (Å²) in [5, 5.41) is 9.52. The third-order valence-electron chi connectivity index (χ3n) is 4.97. The van der Waals surface area contributed by atoms with Crippen LogP contribution < -0.4 is 0 Å². The Morgan fingerprint density at radius 3 is 2.19 bits per heavy atom. The fraction of sp³-hybridized carbons (Fsp3) is 0.368. The standard InChI is InChI=1S/C19H21NO/c21-13-14-6-5-11-20(12-14)19-17-9-3-1-7-15(17)16-8-2-4-10-18(16)19/h1-4,7-10,14,19,21H,5-6,11-13H2. The van der Waals surface area contributed by atoms with Gasteiger partial charge in [0.05, 0.1) is 6.04 Å². The average molecular weight is 279 g/mol. The molecular weight excluding hydrogens is 258 g/mol. The summed E-state index contributed by atoms with van der Waals surface area (Å²) in [5.74, 6) is 0.429. The SMILES string of the molecule is OCC1CCCN(C2c3ccccc3-c3ccccc32)C1. The van der Waals surface area contributed by atoms with Gasteiger partial charge in [-0.3, -0.25) is 4.90 Å². The maximum Gasteiger partial charge on any atom is 0.0614 e. The van der Waals surface area contributed by atoms with Crippen LogP contribution in [0.25, 0.3) is 11.1 Å². The molecule has 0 radical (unpaired) electrons. The molecule has 1 fully saturated rings. The molecule has 1 N–H and O–H groups in total. The van der Waals surface area contributed by atoms with Crippen LogP contribution in [0.1, 0.15) is 30.0 Å². The lowest BCUT2D eigenvalue weighted by Gasteiger charge is -2.37. The number of aliphatic hydroxyl groups excluding tert-OH is 1. The summed E-state index contributed by atoms with van der Waals surface area (Å²) >= 11 is 0. The van der Waals surface area contributed by atoms with Gasteiger partial charge in [0.1, 0.15) is 0 Å². The first-order valence-electron chi connectivity index (χ1n) is 7.91. The van der Waals surface area contributed by atoms with E-state index in [9.17, 15) is 5.11 Å². The zero-order valence-corrected chi connectivity index (χ0v) is 12.2. The van der Waals surface area contributed by atoms with Crippen molar-refractivity contribution < 1.29 is 5.11 Å². The van der Waals surface area contributed by atoms with E-state index < -0.39 is 0 Å². The zero-order chi connectivity index (χ0) is 14.2. The first kappa shape index (κ1) is 13.1. The molecule has 1 aliphatic carbocycles. The van der Waals surface area contributed by atoms with Crippen molar-refractivity contribution in [2.24, 2.45) is 5.92 Å². The zero-order valence-electron chi connectivity index (χ0n) is 12.2. The highest BCUT2D eigenvalue weighted by Crippen LogP contribution is 2.46. The molecule has 0 aromatic heterocycles. The van der Waals surface area contributed by atoms with Crippen LogP contribution in [0.2, 0.25) is 0 Å². The maximum absolute atomic E-state index is 9.52. The fourth-order valence-electron chi connectivity index (χ4n) is 4.00. The molecular formula is C19H21NO. The molecule has 2 aromatic carbocycles. The van der Waals surface area contributed by atoms with Gasteiger partial charge in [-0.15, -0.1) is 0 Å². The Balaban J connectivity index is 1.78. The minimum absolute atomic E-state index is 0.312. The normalized spacial score (nSPS) is 22.0. The highest BCUT2D eigenvalue weighted by atomic mass is 16.3. The van der Waals surface area contributed by atoms with E-state index in [-0.39, 0.29) is 0 Å². The van der Waals surface area contributed by atoms with Gasteiger partial charge in [0, 0.05) is 13.2 Å². The monoisotopic (exact) mass is 279 g/mol. The molecule has 0 spiro atoms. The van der Waals surface area contributed by atoms with Crippen molar-refractivity contribution in [2.75, 3.05) is 19.7 Å². The first-order valence-corrected chi connectivity index (χ1v) is 7.91. The first-order chi connectivity index (χ1) is 10.4. The quantitative estimate of drug-likeness (QED) is 0.910. The molecule has 2 nitrogen and oxygen atoms in total. The number of piperidine rings is 1. The molecule has 1 saturated heterocycles. The summed E-state index contributed by atoms with van der Waals surface area (Å²) in [6, 6.07) is 17.9. The van der Waals surface area contributed by atoms with Gasteiger partial charge in [0.2, 0.25) is 0 Å². The summed E-state index contributed by atoms with van der Waals surface area (Å²) in [6.45, 7) is 2.44. The van der Waals surface area contributed by atoms with Crippen molar-refractivity contribution in [1.29, 1.82) is 0 Å². The van der Waals surface area contributed by atoms with Crippen molar-refractivity contribution in [3.63, 3.8) is 0 Å². The largest absolute Gasteiger partial charge is 0.396 e. The molecule has 0 saturated carbocycles. The number of likely N-dealkylation sites (tertiary alicyclic amines) is 1. The second kappa shape index (κ2) is 5.28. The van der Waals surface area contributed by atoms with Crippen molar-refractivity contribution in [3.8, 4) is 11.1 Å². The molecule has 4 rings (SSSR count). The van der Waals surface area contributed by atoms with Gasteiger partial charge < -0.3 is 5.11 Å². The van der Waals surface area contributed by atoms with Crippen LogP contribution in [0.3, 0.4) is 0 Å². The van der Waals surface area contributed by atoms with Gasteiger partial charge in [0.15, 0.2) is 0 Å². The number of benzene rings is 2. The summed E-state index contributed by atoms with van der Waals surface area (Å²) in [6.07, 6.45) is 2.34. The maximum atomic E-state index is 9.52. The molecule has 0 bridgehead atoms. The topological polar surface area (TPSA) is 23.5 Å². The molecule has 108 valence electrons. The summed E-state index contributed by atoms with van der Waals surface area (Å²) in [5.41, 5.74) is 5.61. The van der Waals surface area contributed by atoms with E-state index in [1.165, 1.54) is 28.7 Å². The molecule has 2 aromatic rings. The Labute approximate surface area is 126 Å². The molecule has 1 heterocycles. The van der Waals surface area contributed by atoms with Crippen LogP contribution in [-0.2, 0) is 0 Å². The van der Waals surface area contributed by atoms with Gasteiger partial charge >= 0.3 is 0 Å². The van der Waals surface area contributed by atoms with Crippen LogP contribution in [0, 0.1) is 5.92 Å². The van der Waals surface area contributed by atoms with E-state index in [0.29, 0.717) is 18.6 Å². The minimum atomic E-state index is 0.312. The smallest absolute Gasteiger partial charge is 0.0614 e. The molecule has 0 amide bonds. The Morgan fingerprint density at radius 1 is 0.952 bits per heavy atom. The number of rotatable bonds is 2. The lowest BCUT2D eigenvalue weighted by molar-refractivity contribution is 0.101. The van der Waals surface area contributed by atoms with Crippen molar-refractivity contribution in [1.82, 2.24) is 4.90 Å². The van der Waals surface area contributed by atoms with Gasteiger partial charge in [-0.1, -0.05) is 48.5 Å². The van der Waals surface area contributed by atoms with E-state index in [1.807, 2.05) is 0 Å². The predicted molar refractivity (Wildman–Crippen MR) is 85.1 cm³/mol. The van der Waals surface area contributed by atoms with Gasteiger partial charge in [0.25, 0.3) is 0 Å². The van der Waals surface area contributed by atoms with E-state index >= 15 is 0 Å². The molecule has 2 aliphatic rings. The lowest BCUT2D eigenvalue weighted by Crippen LogP contribution is -2.39. The minimum Gasteiger partial charge on any atom is -0.396 e. The lowest BCUT2D eigenvalue weighted by atomic mass is 9.94. The van der Waals surface area contributed by atoms with Crippen molar-refractivity contribution >= 4 is 0 Å². The fourth-order valence-corrected chi connectivity index (χ4v) is 4.00. The Bertz CT molecular complexity index is 606. The number of hydrogen-bond donors (Lipinski definition) is 1. The van der Waals surface area contributed by atoms with Crippen molar-refractivity contribution in [3.05, 3.63) is 59.7 Å². The Kier molecular flexibility index (Phi) is 3.28. The number of fused-ring (bicyclic) bond motifs is 3. The molecule has 1 atom stereocenters. The van der Waals surface area contributed by atoms with Crippen LogP contribution >= 0.6 is 0 Å². The van der Waals surface area contributed by atoms with E-state index in [1.54, 1.807) is 0 Å². The highest BCUT2D eigenvalue weighted by Gasteiger charge is 2.34. The Hall–Kier alpha value is -1.64. The third-order valence-corrected chi connectivity index (χ3v) is 4.97. The van der Waals surface area contributed by atoms with E-state index in [0.717, 1.165) is 19.5 Å². The summed E-state index contributed by atoms with van der Waals surface area (Å²) < 4.78 is 0. The number of nitrogens with zero attached hydrogens (tertiary/aromatic N) is 1. The van der Waals surface area contributed by atoms with Crippen LogP contribution in [0.15, 0.2) is 48.5 Å². The second-order valence-corrected chi connectivity index (χ2v) is 6.26. The Morgan fingerprint density at radius 2 is 1.57 bits per heavy atom. The number of hydrogen-bond acceptors (Lipinski definition) is 2. The van der Waals surface area contributed by atoms with Gasteiger partial charge in [-0.25, -0.2) is 0 Å². The molecule has 2 heteroatoms. The van der Waals surface area contributed by atoms with Gasteiger partial charge in [-0.05, 0) is 47.6 Å². The summed E-state index contributed by atoms with van der Waals surface area (Å²) in [4.78, 5) is 2.56. The van der Waals surface area contributed by atoms with Crippen LogP contribution in [-0.4, -0.2) is 29.7 Å². The van der Waals surface area contributed by atoms with E-state index in [2.05, 4.69) is 53.4 Å². The van der Waals surface area contributed by atoms with E-state index in [4.69, 9.17) is 0 Å². The van der Waals surface area contributed by atoms with Crippen LogP contribution in [0.4, 0.5) is 0 Å². The highest BCUT2D eigenvalue weighted by molar-refractivity contribution is 5.78. The number of aliphatic hydroxyl groups is 1. The average Bonchev–Trinajstić information content (AvgIpc) is 2.89.